The van der Waals surface area contributed by atoms with Crippen molar-refractivity contribution < 1.29 is 14.7 Å². The van der Waals surface area contributed by atoms with Gasteiger partial charge in [-0.05, 0) is 18.9 Å². The molecular weight excluding hydrogens is 218 g/mol. The largest absolute Gasteiger partial charge is 0.480 e. The summed E-state index contributed by atoms with van der Waals surface area (Å²) in [6.07, 6.45) is 11.5. The van der Waals surface area contributed by atoms with Crippen molar-refractivity contribution in [1.82, 2.24) is 5.32 Å². The third-order valence-corrected chi connectivity index (χ3v) is 2.41. The molecule has 4 nitrogen and oxygen atoms in total. The fraction of sp³-hybridized carbons (Fsp3) is 0.692. The Morgan fingerprint density at radius 2 is 1.76 bits per heavy atom. The Kier molecular flexibility index (Phi) is 10.3. The minimum Gasteiger partial charge on any atom is -0.480 e. The zero-order chi connectivity index (χ0) is 12.9. The van der Waals surface area contributed by atoms with Gasteiger partial charge in [0.15, 0.2) is 0 Å². The molecule has 0 rings (SSSR count). The highest BCUT2D eigenvalue weighted by Gasteiger charge is 1.98. The molecule has 17 heavy (non-hydrogen) atoms. The van der Waals surface area contributed by atoms with Gasteiger partial charge in [-0.3, -0.25) is 9.59 Å². The smallest absolute Gasteiger partial charge is 0.322 e. The highest BCUT2D eigenvalue weighted by atomic mass is 16.4. The molecule has 0 aromatic carbocycles. The summed E-state index contributed by atoms with van der Waals surface area (Å²) in [5.74, 6) is -1.36. The molecule has 0 bridgehead atoms. The first-order chi connectivity index (χ1) is 8.16. The number of unbranched alkanes of at least 4 members (excludes halogenated alkanes) is 6. The highest BCUT2D eigenvalue weighted by Crippen LogP contribution is 2.06. The molecule has 0 heterocycles. The molecule has 0 fully saturated rings. The molecule has 0 unspecified atom stereocenters. The van der Waals surface area contributed by atoms with E-state index in [1.54, 1.807) is 6.08 Å². The summed E-state index contributed by atoms with van der Waals surface area (Å²) in [5, 5.41) is 10.6. The van der Waals surface area contributed by atoms with Gasteiger partial charge in [0.25, 0.3) is 0 Å². The monoisotopic (exact) mass is 241 g/mol. The van der Waals surface area contributed by atoms with Gasteiger partial charge in [-0.2, -0.15) is 0 Å². The number of carbonyl (C=O) groups is 2. The maximum atomic E-state index is 11.1. The van der Waals surface area contributed by atoms with Gasteiger partial charge < -0.3 is 10.4 Å². The minimum absolute atomic E-state index is 0.319. The van der Waals surface area contributed by atoms with Crippen LogP contribution in [0.4, 0.5) is 0 Å². The Labute approximate surface area is 103 Å². The van der Waals surface area contributed by atoms with E-state index in [0.717, 1.165) is 12.8 Å². The van der Waals surface area contributed by atoms with Crippen LogP contribution in [0.15, 0.2) is 12.2 Å². The van der Waals surface area contributed by atoms with E-state index in [9.17, 15) is 9.59 Å². The van der Waals surface area contributed by atoms with Gasteiger partial charge in [-0.15, -0.1) is 0 Å². The molecule has 1 amide bonds. The van der Waals surface area contributed by atoms with Crippen molar-refractivity contribution >= 4 is 11.9 Å². The first-order valence-corrected chi connectivity index (χ1v) is 6.33. The van der Waals surface area contributed by atoms with Crippen LogP contribution in [0.2, 0.25) is 0 Å². The fourth-order valence-electron chi connectivity index (χ4n) is 1.45. The predicted octanol–water partition coefficient (Wildman–Crippen LogP) is 2.49. The van der Waals surface area contributed by atoms with Crippen molar-refractivity contribution in [1.29, 1.82) is 0 Å². The lowest BCUT2D eigenvalue weighted by Gasteiger charge is -1.98. The van der Waals surface area contributed by atoms with Crippen LogP contribution in [-0.4, -0.2) is 23.5 Å². The van der Waals surface area contributed by atoms with Gasteiger partial charge in [0.05, 0.1) is 0 Å². The van der Waals surface area contributed by atoms with Crippen LogP contribution in [0.3, 0.4) is 0 Å². The average Bonchev–Trinajstić information content (AvgIpc) is 2.30. The third kappa shape index (κ3) is 12.6. The van der Waals surface area contributed by atoms with Crippen molar-refractivity contribution in [2.75, 3.05) is 6.54 Å². The number of rotatable bonds is 10. The molecule has 0 radical (unpaired) electrons. The maximum Gasteiger partial charge on any atom is 0.322 e. The minimum atomic E-state index is -1.03. The fourth-order valence-corrected chi connectivity index (χ4v) is 1.45. The van der Waals surface area contributed by atoms with E-state index in [-0.39, 0.29) is 12.5 Å². The second-order valence-corrected chi connectivity index (χ2v) is 4.07. The summed E-state index contributed by atoms with van der Waals surface area (Å²) in [7, 11) is 0. The predicted molar refractivity (Wildman–Crippen MR) is 67.8 cm³/mol. The standard InChI is InChI=1S/C13H23NO3/c1-2-3-4-5-6-7-8-9-10-12(15)14-11-13(16)17/h9-10H,2-8,11H2,1H3,(H,14,15)(H,16,17). The Morgan fingerprint density at radius 1 is 1.12 bits per heavy atom. The van der Waals surface area contributed by atoms with Crippen molar-refractivity contribution in [3.05, 3.63) is 12.2 Å². The molecule has 0 aliphatic rings. The summed E-state index contributed by atoms with van der Waals surface area (Å²) in [4.78, 5) is 21.2. The van der Waals surface area contributed by atoms with Crippen LogP contribution in [0.25, 0.3) is 0 Å². The normalized spacial score (nSPS) is 10.6. The number of carboxylic acid groups (broad SMARTS) is 1. The summed E-state index contributed by atoms with van der Waals surface area (Å²) in [6.45, 7) is 1.87. The van der Waals surface area contributed by atoms with Crippen molar-refractivity contribution in [2.45, 2.75) is 51.9 Å². The maximum absolute atomic E-state index is 11.1. The Hall–Kier alpha value is -1.32. The second-order valence-electron chi connectivity index (χ2n) is 4.07. The van der Waals surface area contributed by atoms with Gasteiger partial charge in [0.2, 0.25) is 5.91 Å². The Balaban J connectivity index is 3.34. The van der Waals surface area contributed by atoms with Crippen LogP contribution in [0.1, 0.15) is 51.9 Å². The van der Waals surface area contributed by atoms with Gasteiger partial charge >= 0.3 is 5.97 Å². The van der Waals surface area contributed by atoms with E-state index in [2.05, 4.69) is 12.2 Å². The Morgan fingerprint density at radius 3 is 2.41 bits per heavy atom. The van der Waals surface area contributed by atoms with Crippen LogP contribution in [-0.2, 0) is 9.59 Å². The molecule has 0 aromatic heterocycles. The molecule has 0 saturated heterocycles. The first-order valence-electron chi connectivity index (χ1n) is 6.33. The van der Waals surface area contributed by atoms with E-state index >= 15 is 0 Å². The molecule has 0 spiro atoms. The number of hydrogen-bond acceptors (Lipinski definition) is 2. The molecular formula is C13H23NO3. The first kappa shape index (κ1) is 15.7. The van der Waals surface area contributed by atoms with E-state index in [0.29, 0.717) is 0 Å². The van der Waals surface area contributed by atoms with E-state index in [4.69, 9.17) is 5.11 Å². The average molecular weight is 241 g/mol. The van der Waals surface area contributed by atoms with Crippen LogP contribution >= 0.6 is 0 Å². The summed E-state index contributed by atoms with van der Waals surface area (Å²) in [6, 6.07) is 0. The number of carbonyl (C=O) groups excluding carboxylic acids is 1. The molecule has 2 N–H and O–H groups in total. The number of allylic oxidation sites excluding steroid dienone is 1. The number of nitrogens with one attached hydrogen (secondary N) is 1. The quantitative estimate of drug-likeness (QED) is 0.456. The van der Waals surface area contributed by atoms with Crippen molar-refractivity contribution in [3.63, 3.8) is 0 Å². The van der Waals surface area contributed by atoms with Crippen molar-refractivity contribution in [3.8, 4) is 0 Å². The second kappa shape index (κ2) is 11.2. The molecule has 98 valence electrons. The molecule has 0 atom stereocenters. The third-order valence-electron chi connectivity index (χ3n) is 2.41. The molecule has 0 saturated carbocycles. The van der Waals surface area contributed by atoms with Crippen LogP contribution in [0.5, 0.6) is 0 Å². The number of amides is 1. The number of hydrogen-bond donors (Lipinski definition) is 2. The topological polar surface area (TPSA) is 66.4 Å². The van der Waals surface area contributed by atoms with E-state index in [1.807, 2.05) is 0 Å². The number of aliphatic carboxylic acids is 1. The van der Waals surface area contributed by atoms with Crippen LogP contribution in [0, 0.1) is 0 Å². The van der Waals surface area contributed by atoms with Gasteiger partial charge in [-0.1, -0.05) is 45.1 Å². The molecule has 0 aromatic rings. The van der Waals surface area contributed by atoms with Gasteiger partial charge in [0.1, 0.15) is 6.54 Å². The van der Waals surface area contributed by atoms with Crippen molar-refractivity contribution in [2.24, 2.45) is 0 Å². The van der Waals surface area contributed by atoms with Gasteiger partial charge in [-0.25, -0.2) is 0 Å². The van der Waals surface area contributed by atoms with Crippen LogP contribution < -0.4 is 5.32 Å². The molecule has 0 aliphatic carbocycles. The zero-order valence-electron chi connectivity index (χ0n) is 10.6. The lowest BCUT2D eigenvalue weighted by molar-refractivity contribution is -0.137. The highest BCUT2D eigenvalue weighted by molar-refractivity contribution is 5.89. The lowest BCUT2D eigenvalue weighted by Crippen LogP contribution is -2.27. The number of carboxylic acids is 1. The SMILES string of the molecule is CCCCCCCCC=CC(=O)NCC(=O)O. The van der Waals surface area contributed by atoms with Gasteiger partial charge in [0, 0.05) is 0 Å². The lowest BCUT2D eigenvalue weighted by atomic mass is 10.1. The molecule has 0 aliphatic heterocycles. The van der Waals surface area contributed by atoms with E-state index < -0.39 is 5.97 Å². The molecule has 4 heteroatoms. The summed E-state index contributed by atoms with van der Waals surface area (Å²) < 4.78 is 0. The zero-order valence-corrected chi connectivity index (χ0v) is 10.6. The Bertz CT molecular complexity index is 249. The summed E-state index contributed by atoms with van der Waals surface area (Å²) >= 11 is 0. The summed E-state index contributed by atoms with van der Waals surface area (Å²) in [5.41, 5.74) is 0. The van der Waals surface area contributed by atoms with E-state index in [1.165, 1.54) is 38.2 Å².